The van der Waals surface area contributed by atoms with Gasteiger partial charge in [-0.2, -0.15) is 0 Å². The fourth-order valence-corrected chi connectivity index (χ4v) is 1.86. The second-order valence-electron chi connectivity index (χ2n) is 4.34. The van der Waals surface area contributed by atoms with Crippen LogP contribution in [0.15, 0.2) is 11.0 Å². The number of anilines is 1. The van der Waals surface area contributed by atoms with Crippen LogP contribution in [0.3, 0.4) is 0 Å². The van der Waals surface area contributed by atoms with E-state index in [9.17, 15) is 4.79 Å². The molecule has 0 saturated carbocycles. The van der Waals surface area contributed by atoms with Gasteiger partial charge in [0.15, 0.2) is 5.82 Å². The molecular formula is C11H17N3O. The highest BCUT2D eigenvalue weighted by molar-refractivity contribution is 5.37. The maximum Gasteiger partial charge on any atom is 0.291 e. The topological polar surface area (TPSA) is 49.0 Å². The Morgan fingerprint density at radius 1 is 1.40 bits per heavy atom. The summed E-state index contributed by atoms with van der Waals surface area (Å²) in [5.41, 5.74) is 0.853. The molecule has 1 aliphatic rings. The summed E-state index contributed by atoms with van der Waals surface area (Å²) in [4.78, 5) is 21.0. The lowest BCUT2D eigenvalue weighted by Gasteiger charge is -2.15. The van der Waals surface area contributed by atoms with Gasteiger partial charge in [-0.1, -0.05) is 13.8 Å². The Bertz CT molecular complexity index is 391. The average molecular weight is 207 g/mol. The predicted molar refractivity (Wildman–Crippen MR) is 60.4 cm³/mol. The maximum atomic E-state index is 11.8. The van der Waals surface area contributed by atoms with Crippen molar-refractivity contribution in [1.82, 2.24) is 9.97 Å². The Balaban J connectivity index is 2.30. The molecule has 1 N–H and O–H groups in total. The molecule has 1 saturated heterocycles. The molecule has 0 amide bonds. The molecule has 0 spiro atoms. The first kappa shape index (κ1) is 10.2. The van der Waals surface area contributed by atoms with E-state index in [1.807, 2.05) is 13.8 Å². The Hall–Kier alpha value is -1.32. The Morgan fingerprint density at radius 3 is 2.60 bits per heavy atom. The van der Waals surface area contributed by atoms with Crippen molar-refractivity contribution in [1.29, 1.82) is 0 Å². The van der Waals surface area contributed by atoms with Crippen molar-refractivity contribution in [3.8, 4) is 0 Å². The molecule has 0 aliphatic carbocycles. The molecule has 0 radical (unpaired) electrons. The van der Waals surface area contributed by atoms with Crippen molar-refractivity contribution in [2.75, 3.05) is 18.0 Å². The van der Waals surface area contributed by atoms with E-state index in [2.05, 4.69) is 14.9 Å². The number of hydrogen-bond acceptors (Lipinski definition) is 3. The molecule has 0 bridgehead atoms. The van der Waals surface area contributed by atoms with Gasteiger partial charge < -0.3 is 9.88 Å². The summed E-state index contributed by atoms with van der Waals surface area (Å²) in [5, 5.41) is 0. The number of nitrogens with one attached hydrogen (secondary N) is 1. The number of nitrogens with zero attached hydrogens (tertiary/aromatic N) is 2. The van der Waals surface area contributed by atoms with Crippen molar-refractivity contribution < 1.29 is 0 Å². The summed E-state index contributed by atoms with van der Waals surface area (Å²) in [6.07, 6.45) is 4.10. The Kier molecular flexibility index (Phi) is 2.75. The lowest BCUT2D eigenvalue weighted by atomic mass is 10.1. The van der Waals surface area contributed by atoms with Crippen LogP contribution in [0.5, 0.6) is 0 Å². The molecule has 2 heterocycles. The van der Waals surface area contributed by atoms with Crippen LogP contribution in [0, 0.1) is 0 Å². The number of rotatable bonds is 2. The zero-order chi connectivity index (χ0) is 10.8. The van der Waals surface area contributed by atoms with Crippen LogP contribution in [-0.4, -0.2) is 23.1 Å². The Labute approximate surface area is 89.3 Å². The molecule has 1 fully saturated rings. The fraction of sp³-hybridized carbons (Fsp3) is 0.636. The van der Waals surface area contributed by atoms with E-state index in [0.717, 1.165) is 31.6 Å². The summed E-state index contributed by atoms with van der Waals surface area (Å²) in [7, 11) is 0. The molecule has 15 heavy (non-hydrogen) atoms. The third-order valence-electron chi connectivity index (χ3n) is 2.81. The van der Waals surface area contributed by atoms with Gasteiger partial charge in [0.05, 0.1) is 0 Å². The zero-order valence-corrected chi connectivity index (χ0v) is 9.29. The number of hydrogen-bond donors (Lipinski definition) is 1. The van der Waals surface area contributed by atoms with E-state index < -0.39 is 0 Å². The van der Waals surface area contributed by atoms with E-state index in [0.29, 0.717) is 11.7 Å². The summed E-state index contributed by atoms with van der Waals surface area (Å²) in [6.45, 7) is 6.00. The minimum Gasteiger partial charge on any atom is -0.352 e. The van der Waals surface area contributed by atoms with E-state index in [1.54, 1.807) is 6.20 Å². The van der Waals surface area contributed by atoms with Gasteiger partial charge in [0.2, 0.25) is 0 Å². The van der Waals surface area contributed by atoms with Crippen LogP contribution >= 0.6 is 0 Å². The van der Waals surface area contributed by atoms with Crippen molar-refractivity contribution in [2.45, 2.75) is 32.6 Å². The second kappa shape index (κ2) is 4.04. The SMILES string of the molecule is CC(C)c1cnc(N2CCCC2)c(=O)[nH]1. The van der Waals surface area contributed by atoms with Gasteiger partial charge in [0.25, 0.3) is 5.56 Å². The third kappa shape index (κ3) is 2.03. The van der Waals surface area contributed by atoms with Crippen LogP contribution in [0.4, 0.5) is 5.82 Å². The number of H-pyrrole nitrogens is 1. The van der Waals surface area contributed by atoms with Gasteiger partial charge in [0, 0.05) is 25.0 Å². The van der Waals surface area contributed by atoms with Crippen molar-refractivity contribution in [2.24, 2.45) is 0 Å². The first-order valence-corrected chi connectivity index (χ1v) is 5.52. The van der Waals surface area contributed by atoms with Gasteiger partial charge in [0.1, 0.15) is 0 Å². The molecule has 82 valence electrons. The highest BCUT2D eigenvalue weighted by Crippen LogP contribution is 2.14. The molecular weight excluding hydrogens is 190 g/mol. The van der Waals surface area contributed by atoms with Gasteiger partial charge in [-0.15, -0.1) is 0 Å². The monoisotopic (exact) mass is 207 g/mol. The quantitative estimate of drug-likeness (QED) is 0.799. The highest BCUT2D eigenvalue weighted by atomic mass is 16.1. The van der Waals surface area contributed by atoms with Crippen LogP contribution in [0.2, 0.25) is 0 Å². The van der Waals surface area contributed by atoms with E-state index in [4.69, 9.17) is 0 Å². The summed E-state index contributed by atoms with van der Waals surface area (Å²) in [5.74, 6) is 0.898. The highest BCUT2D eigenvalue weighted by Gasteiger charge is 2.17. The first-order chi connectivity index (χ1) is 7.18. The minimum absolute atomic E-state index is 0.0527. The van der Waals surface area contributed by atoms with Crippen LogP contribution in [0.25, 0.3) is 0 Å². The zero-order valence-electron chi connectivity index (χ0n) is 9.29. The van der Waals surface area contributed by atoms with Crippen molar-refractivity contribution in [3.63, 3.8) is 0 Å². The lowest BCUT2D eigenvalue weighted by molar-refractivity contribution is 0.794. The van der Waals surface area contributed by atoms with Crippen molar-refractivity contribution >= 4 is 5.82 Å². The fourth-order valence-electron chi connectivity index (χ4n) is 1.86. The lowest BCUT2D eigenvalue weighted by Crippen LogP contribution is -2.27. The maximum absolute atomic E-state index is 11.8. The van der Waals surface area contributed by atoms with Crippen molar-refractivity contribution in [3.05, 3.63) is 22.2 Å². The van der Waals surface area contributed by atoms with E-state index in [1.165, 1.54) is 0 Å². The average Bonchev–Trinajstić information content (AvgIpc) is 2.70. The smallest absolute Gasteiger partial charge is 0.291 e. The first-order valence-electron chi connectivity index (χ1n) is 5.52. The second-order valence-corrected chi connectivity index (χ2v) is 4.34. The molecule has 2 rings (SSSR count). The molecule has 0 atom stereocenters. The van der Waals surface area contributed by atoms with Crippen LogP contribution < -0.4 is 10.5 Å². The largest absolute Gasteiger partial charge is 0.352 e. The summed E-state index contributed by atoms with van der Waals surface area (Å²) < 4.78 is 0. The number of aromatic amines is 1. The van der Waals surface area contributed by atoms with Crippen LogP contribution in [0.1, 0.15) is 38.3 Å². The van der Waals surface area contributed by atoms with Crippen LogP contribution in [-0.2, 0) is 0 Å². The molecule has 4 nitrogen and oxygen atoms in total. The van der Waals surface area contributed by atoms with Gasteiger partial charge in [-0.3, -0.25) is 4.79 Å². The Morgan fingerprint density at radius 2 is 2.07 bits per heavy atom. The predicted octanol–water partition coefficient (Wildman–Crippen LogP) is 1.49. The minimum atomic E-state index is -0.0527. The van der Waals surface area contributed by atoms with Gasteiger partial charge >= 0.3 is 0 Å². The molecule has 1 aliphatic heterocycles. The molecule has 0 aromatic carbocycles. The normalized spacial score (nSPS) is 16.3. The summed E-state index contributed by atoms with van der Waals surface area (Å²) >= 11 is 0. The van der Waals surface area contributed by atoms with E-state index >= 15 is 0 Å². The molecule has 4 heteroatoms. The van der Waals surface area contributed by atoms with Gasteiger partial charge in [-0.05, 0) is 18.8 Å². The summed E-state index contributed by atoms with van der Waals surface area (Å²) in [6, 6.07) is 0. The number of aromatic nitrogens is 2. The van der Waals surface area contributed by atoms with Gasteiger partial charge in [-0.25, -0.2) is 4.98 Å². The molecule has 1 aromatic heterocycles. The standard InChI is InChI=1S/C11H17N3O/c1-8(2)9-7-12-10(11(15)13-9)14-5-3-4-6-14/h7-8H,3-6H2,1-2H3,(H,13,15). The molecule has 0 unspecified atom stereocenters. The molecule has 1 aromatic rings. The third-order valence-corrected chi connectivity index (χ3v) is 2.81. The van der Waals surface area contributed by atoms with E-state index in [-0.39, 0.29) is 5.56 Å².